The second-order valence-corrected chi connectivity index (χ2v) is 7.56. The maximum absolute atomic E-state index is 12.8. The Morgan fingerprint density at radius 1 is 1.30 bits per heavy atom. The van der Waals surface area contributed by atoms with Gasteiger partial charge in [0.1, 0.15) is 5.75 Å². The molecule has 2 atom stereocenters. The Morgan fingerprint density at radius 2 is 1.91 bits per heavy atom. The van der Waals surface area contributed by atoms with Gasteiger partial charge in [0, 0.05) is 26.1 Å². The molecule has 23 heavy (non-hydrogen) atoms. The lowest BCUT2D eigenvalue weighted by atomic mass is 10.3. The Balaban J connectivity index is 2.34. The number of methoxy groups -OCH3 is 1. The molecule has 0 radical (unpaired) electrons. The van der Waals surface area contributed by atoms with Gasteiger partial charge in [-0.1, -0.05) is 0 Å². The molecule has 128 valence electrons. The van der Waals surface area contributed by atoms with E-state index in [1.165, 1.54) is 36.5 Å². The Labute approximate surface area is 136 Å². The normalized spacial score (nSPS) is 22.6. The van der Waals surface area contributed by atoms with Crippen molar-refractivity contribution in [1.29, 1.82) is 0 Å². The van der Waals surface area contributed by atoms with Crippen molar-refractivity contribution in [2.24, 2.45) is 0 Å². The van der Waals surface area contributed by atoms with Gasteiger partial charge >= 0.3 is 0 Å². The number of nitrogens with one attached hydrogen (secondary N) is 1. The number of nitrogens with zero attached hydrogens (tertiary/aromatic N) is 1. The summed E-state index contributed by atoms with van der Waals surface area (Å²) in [5.74, 6) is 0.0466. The molecule has 1 aliphatic heterocycles. The Kier molecular flexibility index (Phi) is 5.28. The van der Waals surface area contributed by atoms with E-state index in [9.17, 15) is 13.2 Å². The summed E-state index contributed by atoms with van der Waals surface area (Å²) in [4.78, 5) is 11.3. The molecular formula is C15H22N2O5S. The molecule has 1 amide bonds. The highest BCUT2D eigenvalue weighted by Crippen LogP contribution is 2.30. The topological polar surface area (TPSA) is 84.9 Å². The van der Waals surface area contributed by atoms with Crippen LogP contribution in [0.1, 0.15) is 20.8 Å². The largest absolute Gasteiger partial charge is 0.495 e. The first-order valence-electron chi connectivity index (χ1n) is 7.35. The molecule has 0 spiro atoms. The SMILES string of the molecule is COc1cc(S(=O)(=O)N2CC(C)OC(C)C2)ccc1NC(C)=O. The molecule has 1 aromatic rings. The Bertz CT molecular complexity index is 679. The monoisotopic (exact) mass is 342 g/mol. The van der Waals surface area contributed by atoms with Gasteiger partial charge < -0.3 is 14.8 Å². The van der Waals surface area contributed by atoms with Crippen molar-refractivity contribution in [1.82, 2.24) is 4.31 Å². The zero-order chi connectivity index (χ0) is 17.2. The fraction of sp³-hybridized carbons (Fsp3) is 0.533. The number of anilines is 1. The second-order valence-electron chi connectivity index (χ2n) is 5.62. The number of benzene rings is 1. The third-order valence-corrected chi connectivity index (χ3v) is 5.34. The minimum Gasteiger partial charge on any atom is -0.495 e. The van der Waals surface area contributed by atoms with Crippen LogP contribution in [0.25, 0.3) is 0 Å². The highest BCUT2D eigenvalue weighted by atomic mass is 32.2. The van der Waals surface area contributed by atoms with E-state index in [4.69, 9.17) is 9.47 Å². The minimum atomic E-state index is -3.65. The minimum absolute atomic E-state index is 0.129. The summed E-state index contributed by atoms with van der Waals surface area (Å²) in [5, 5.41) is 2.60. The molecule has 2 unspecified atom stereocenters. The summed E-state index contributed by atoms with van der Waals surface area (Å²) >= 11 is 0. The summed E-state index contributed by atoms with van der Waals surface area (Å²) in [7, 11) is -2.22. The number of carbonyl (C=O) groups excluding carboxylic acids is 1. The third-order valence-electron chi connectivity index (χ3n) is 3.51. The standard InChI is InChI=1S/C15H22N2O5S/c1-10-8-17(9-11(2)22-10)23(19,20)13-5-6-14(16-12(3)18)15(7-13)21-4/h5-7,10-11H,8-9H2,1-4H3,(H,16,18). The van der Waals surface area contributed by atoms with Crippen LogP contribution in [0.5, 0.6) is 5.75 Å². The van der Waals surface area contributed by atoms with E-state index in [1.807, 2.05) is 13.8 Å². The highest BCUT2D eigenvalue weighted by molar-refractivity contribution is 7.89. The zero-order valence-electron chi connectivity index (χ0n) is 13.7. The maximum Gasteiger partial charge on any atom is 0.243 e. The first kappa shape index (κ1) is 17.7. The van der Waals surface area contributed by atoms with Crippen molar-refractivity contribution in [2.75, 3.05) is 25.5 Å². The van der Waals surface area contributed by atoms with E-state index < -0.39 is 10.0 Å². The fourth-order valence-electron chi connectivity index (χ4n) is 2.60. The van der Waals surface area contributed by atoms with Crippen LogP contribution in [-0.2, 0) is 19.6 Å². The summed E-state index contributed by atoms with van der Waals surface area (Å²) in [6, 6.07) is 4.42. The van der Waals surface area contributed by atoms with Gasteiger partial charge in [-0.15, -0.1) is 0 Å². The summed E-state index contributed by atoms with van der Waals surface area (Å²) in [6.45, 7) is 5.68. The van der Waals surface area contributed by atoms with Crippen LogP contribution < -0.4 is 10.1 Å². The van der Waals surface area contributed by atoms with Gasteiger partial charge in [0.2, 0.25) is 15.9 Å². The van der Waals surface area contributed by atoms with Crippen LogP contribution in [0.2, 0.25) is 0 Å². The number of carbonyl (C=O) groups is 1. The molecule has 0 aliphatic carbocycles. The average Bonchev–Trinajstić information content (AvgIpc) is 2.45. The molecule has 1 N–H and O–H groups in total. The number of hydrogen-bond acceptors (Lipinski definition) is 5. The van der Waals surface area contributed by atoms with Gasteiger partial charge in [-0.3, -0.25) is 4.79 Å². The van der Waals surface area contributed by atoms with Crippen molar-refractivity contribution in [3.05, 3.63) is 18.2 Å². The molecule has 7 nitrogen and oxygen atoms in total. The van der Waals surface area contributed by atoms with Crippen LogP contribution in [0.3, 0.4) is 0 Å². The third kappa shape index (κ3) is 4.01. The van der Waals surface area contributed by atoms with Gasteiger partial charge in [-0.05, 0) is 26.0 Å². The molecule has 1 saturated heterocycles. The summed E-state index contributed by atoms with van der Waals surface area (Å²) in [6.07, 6.45) is -0.317. The molecule has 1 aromatic carbocycles. The van der Waals surface area contributed by atoms with E-state index in [0.717, 1.165) is 0 Å². The number of sulfonamides is 1. The van der Waals surface area contributed by atoms with Gasteiger partial charge in [-0.25, -0.2) is 8.42 Å². The predicted molar refractivity (Wildman–Crippen MR) is 86.1 cm³/mol. The predicted octanol–water partition coefficient (Wildman–Crippen LogP) is 1.45. The summed E-state index contributed by atoms with van der Waals surface area (Å²) < 4.78 is 37.8. The molecule has 1 fully saturated rings. The van der Waals surface area contributed by atoms with E-state index in [-0.39, 0.29) is 23.0 Å². The molecule has 0 bridgehead atoms. The zero-order valence-corrected chi connectivity index (χ0v) is 14.5. The van der Waals surface area contributed by atoms with Crippen molar-refractivity contribution in [3.63, 3.8) is 0 Å². The van der Waals surface area contributed by atoms with E-state index >= 15 is 0 Å². The Hall–Kier alpha value is -1.64. The Morgan fingerprint density at radius 3 is 2.43 bits per heavy atom. The lowest BCUT2D eigenvalue weighted by Crippen LogP contribution is -2.48. The lowest BCUT2D eigenvalue weighted by Gasteiger charge is -2.34. The molecule has 0 aromatic heterocycles. The van der Waals surface area contributed by atoms with Gasteiger partial charge in [-0.2, -0.15) is 4.31 Å². The van der Waals surface area contributed by atoms with Crippen LogP contribution >= 0.6 is 0 Å². The van der Waals surface area contributed by atoms with Crippen LogP contribution in [0.15, 0.2) is 23.1 Å². The van der Waals surface area contributed by atoms with Crippen molar-refractivity contribution < 1.29 is 22.7 Å². The van der Waals surface area contributed by atoms with Gasteiger partial charge in [0.15, 0.2) is 0 Å². The number of rotatable bonds is 4. The van der Waals surface area contributed by atoms with Crippen LogP contribution in [0, 0.1) is 0 Å². The maximum atomic E-state index is 12.8. The lowest BCUT2D eigenvalue weighted by molar-refractivity contribution is -0.114. The molecule has 1 heterocycles. The summed E-state index contributed by atoms with van der Waals surface area (Å²) in [5.41, 5.74) is 0.433. The smallest absolute Gasteiger partial charge is 0.243 e. The first-order chi connectivity index (χ1) is 10.7. The molecule has 2 rings (SSSR count). The highest BCUT2D eigenvalue weighted by Gasteiger charge is 2.32. The van der Waals surface area contributed by atoms with Gasteiger partial charge in [0.05, 0.1) is 29.9 Å². The van der Waals surface area contributed by atoms with Crippen molar-refractivity contribution >= 4 is 21.6 Å². The van der Waals surface area contributed by atoms with Crippen molar-refractivity contribution in [3.8, 4) is 5.75 Å². The first-order valence-corrected chi connectivity index (χ1v) is 8.79. The number of morpholine rings is 1. The quantitative estimate of drug-likeness (QED) is 0.895. The van der Waals surface area contributed by atoms with Crippen molar-refractivity contribution in [2.45, 2.75) is 37.9 Å². The van der Waals surface area contributed by atoms with Gasteiger partial charge in [0.25, 0.3) is 0 Å². The second kappa shape index (κ2) is 6.86. The molecule has 0 saturated carbocycles. The van der Waals surface area contributed by atoms with E-state index in [0.29, 0.717) is 24.5 Å². The van der Waals surface area contributed by atoms with E-state index in [1.54, 1.807) is 0 Å². The number of ether oxygens (including phenoxy) is 2. The van der Waals surface area contributed by atoms with E-state index in [2.05, 4.69) is 5.32 Å². The molecular weight excluding hydrogens is 320 g/mol. The van der Waals surface area contributed by atoms with Crippen LogP contribution in [0.4, 0.5) is 5.69 Å². The molecule has 1 aliphatic rings. The fourth-order valence-corrected chi connectivity index (χ4v) is 4.21. The number of amides is 1. The molecule has 8 heteroatoms. The van der Waals surface area contributed by atoms with Crippen LogP contribution in [-0.4, -0.2) is 51.0 Å². The number of hydrogen-bond donors (Lipinski definition) is 1. The average molecular weight is 342 g/mol.